The van der Waals surface area contributed by atoms with E-state index < -0.39 is 0 Å². The molecule has 1 fully saturated rings. The second kappa shape index (κ2) is 6.93. The van der Waals surface area contributed by atoms with Crippen LogP contribution in [0, 0.1) is 17.3 Å². The van der Waals surface area contributed by atoms with Gasteiger partial charge in [0.1, 0.15) is 5.75 Å². The lowest BCUT2D eigenvalue weighted by Gasteiger charge is -2.54. The molecule has 0 saturated heterocycles. The van der Waals surface area contributed by atoms with E-state index in [1.165, 1.54) is 30.4 Å². The fourth-order valence-electron chi connectivity index (χ4n) is 6.27. The van der Waals surface area contributed by atoms with Gasteiger partial charge in [-0.3, -0.25) is 4.79 Å². The van der Waals surface area contributed by atoms with Crippen molar-refractivity contribution in [2.24, 2.45) is 17.3 Å². The van der Waals surface area contributed by atoms with Crippen molar-refractivity contribution in [3.63, 3.8) is 0 Å². The SMILES string of the molecule is COc1ccc2c(c1)CC[C@@H]1[C@@H]2CC[C@]2(C)C(C(=O)NC(C)(C)C)=CCC[C@@H]12. The molecule has 0 radical (unpaired) electrons. The number of carbonyl (C=O) groups is 1. The molecule has 4 atom stereocenters. The number of ether oxygens (including phenoxy) is 1. The second-order valence-corrected chi connectivity index (χ2v) is 10.3. The zero-order valence-electron chi connectivity index (χ0n) is 18.1. The van der Waals surface area contributed by atoms with Gasteiger partial charge in [-0.15, -0.1) is 0 Å². The van der Waals surface area contributed by atoms with Gasteiger partial charge in [-0.05, 0) is 100 Å². The molecule has 3 nitrogen and oxygen atoms in total. The first-order chi connectivity index (χ1) is 13.2. The van der Waals surface area contributed by atoms with Crippen LogP contribution < -0.4 is 10.1 Å². The van der Waals surface area contributed by atoms with Gasteiger partial charge in [0.05, 0.1) is 7.11 Å². The quantitative estimate of drug-likeness (QED) is 0.745. The first-order valence-electron chi connectivity index (χ1n) is 10.9. The normalized spacial score (nSPS) is 31.8. The predicted molar refractivity (Wildman–Crippen MR) is 114 cm³/mol. The van der Waals surface area contributed by atoms with Crippen molar-refractivity contribution in [3.8, 4) is 5.75 Å². The van der Waals surface area contributed by atoms with Crippen LogP contribution in [0.2, 0.25) is 0 Å². The molecule has 3 heteroatoms. The molecule has 1 N–H and O–H groups in total. The van der Waals surface area contributed by atoms with E-state index in [1.54, 1.807) is 7.11 Å². The number of nitrogens with one attached hydrogen (secondary N) is 1. The largest absolute Gasteiger partial charge is 0.497 e. The minimum atomic E-state index is -0.193. The van der Waals surface area contributed by atoms with Crippen molar-refractivity contribution in [2.75, 3.05) is 7.11 Å². The topological polar surface area (TPSA) is 38.3 Å². The average molecular weight is 382 g/mol. The Hall–Kier alpha value is -1.77. The maximum Gasteiger partial charge on any atom is 0.247 e. The molecule has 28 heavy (non-hydrogen) atoms. The molecular formula is C25H35NO2. The highest BCUT2D eigenvalue weighted by Crippen LogP contribution is 2.60. The lowest BCUT2D eigenvalue weighted by Crippen LogP contribution is -2.50. The lowest BCUT2D eigenvalue weighted by atomic mass is 9.50. The van der Waals surface area contributed by atoms with Gasteiger partial charge in [0.25, 0.3) is 0 Å². The maximum atomic E-state index is 13.1. The van der Waals surface area contributed by atoms with Crippen molar-refractivity contribution in [2.45, 2.75) is 77.7 Å². The van der Waals surface area contributed by atoms with Gasteiger partial charge >= 0.3 is 0 Å². The Kier molecular flexibility index (Phi) is 4.84. The Balaban J connectivity index is 1.62. The Morgan fingerprint density at radius 3 is 2.71 bits per heavy atom. The van der Waals surface area contributed by atoms with E-state index in [9.17, 15) is 4.79 Å². The standard InChI is InChI=1S/C25H35NO2/c1-24(2,3)26-23(27)22-8-6-7-21-20-11-9-16-15-17(28-5)10-12-18(16)19(20)13-14-25(21,22)4/h8,10,12,15,19-21H,6-7,9,11,13-14H2,1-5H3,(H,26,27)/t19-,20-,21+,25+/m1/s1. The monoisotopic (exact) mass is 381 g/mol. The molecule has 0 spiro atoms. The maximum absolute atomic E-state index is 13.1. The third-order valence-electron chi connectivity index (χ3n) is 7.50. The summed E-state index contributed by atoms with van der Waals surface area (Å²) >= 11 is 0. The van der Waals surface area contributed by atoms with Crippen LogP contribution in [0.5, 0.6) is 5.75 Å². The molecule has 152 valence electrons. The third kappa shape index (κ3) is 3.27. The summed E-state index contributed by atoms with van der Waals surface area (Å²) in [7, 11) is 1.75. The highest BCUT2D eigenvalue weighted by atomic mass is 16.5. The summed E-state index contributed by atoms with van der Waals surface area (Å²) in [6.45, 7) is 8.57. The fourth-order valence-corrected chi connectivity index (χ4v) is 6.27. The molecule has 1 aromatic rings. The molecule has 4 rings (SSSR count). The molecule has 0 heterocycles. The Bertz CT molecular complexity index is 803. The van der Waals surface area contributed by atoms with Gasteiger partial charge in [-0.25, -0.2) is 0 Å². The summed E-state index contributed by atoms with van der Waals surface area (Å²) in [5.41, 5.74) is 3.88. The number of benzene rings is 1. The van der Waals surface area contributed by atoms with E-state index in [2.05, 4.69) is 57.3 Å². The minimum absolute atomic E-state index is 0.0126. The summed E-state index contributed by atoms with van der Waals surface area (Å²) in [6, 6.07) is 6.67. The van der Waals surface area contributed by atoms with E-state index in [4.69, 9.17) is 4.74 Å². The minimum Gasteiger partial charge on any atom is -0.497 e. The molecule has 0 bridgehead atoms. The first-order valence-corrected chi connectivity index (χ1v) is 10.9. The van der Waals surface area contributed by atoms with Crippen molar-refractivity contribution in [3.05, 3.63) is 41.0 Å². The van der Waals surface area contributed by atoms with Crippen LogP contribution >= 0.6 is 0 Å². The molecule has 0 unspecified atom stereocenters. The van der Waals surface area contributed by atoms with Gasteiger partial charge in [-0.1, -0.05) is 19.1 Å². The van der Waals surface area contributed by atoms with Crippen LogP contribution in [0.25, 0.3) is 0 Å². The summed E-state index contributed by atoms with van der Waals surface area (Å²) in [6.07, 6.45) is 9.14. The van der Waals surface area contributed by atoms with Crippen LogP contribution in [-0.2, 0) is 11.2 Å². The number of carbonyl (C=O) groups excluding carboxylic acids is 1. The highest BCUT2D eigenvalue weighted by molar-refractivity contribution is 5.95. The van der Waals surface area contributed by atoms with Gasteiger partial charge in [0.2, 0.25) is 5.91 Å². The summed E-state index contributed by atoms with van der Waals surface area (Å²) in [4.78, 5) is 13.1. The number of allylic oxidation sites excluding steroid dienone is 1. The third-order valence-corrected chi connectivity index (χ3v) is 7.50. The number of amides is 1. The predicted octanol–water partition coefficient (Wildman–Crippen LogP) is 5.39. The van der Waals surface area contributed by atoms with E-state index in [-0.39, 0.29) is 16.9 Å². The second-order valence-electron chi connectivity index (χ2n) is 10.3. The number of hydrogen-bond acceptors (Lipinski definition) is 2. The van der Waals surface area contributed by atoms with Crippen LogP contribution in [-0.4, -0.2) is 18.6 Å². The number of aryl methyl sites for hydroxylation is 1. The fraction of sp³-hybridized carbons (Fsp3) is 0.640. The summed E-state index contributed by atoms with van der Waals surface area (Å²) in [5.74, 6) is 3.05. The van der Waals surface area contributed by atoms with Crippen molar-refractivity contribution < 1.29 is 9.53 Å². The molecule has 3 aliphatic carbocycles. The number of rotatable bonds is 2. The van der Waals surface area contributed by atoms with Gasteiger partial charge < -0.3 is 10.1 Å². The van der Waals surface area contributed by atoms with E-state index in [0.717, 1.165) is 30.6 Å². The molecule has 0 aromatic heterocycles. The van der Waals surface area contributed by atoms with Crippen molar-refractivity contribution in [1.82, 2.24) is 5.32 Å². The van der Waals surface area contributed by atoms with Gasteiger partial charge in [0, 0.05) is 16.5 Å². The highest BCUT2D eigenvalue weighted by Gasteiger charge is 2.52. The Labute approximate surface area is 169 Å². The van der Waals surface area contributed by atoms with E-state index in [0.29, 0.717) is 17.8 Å². The number of methoxy groups -OCH3 is 1. The Morgan fingerprint density at radius 2 is 2.00 bits per heavy atom. The lowest BCUT2D eigenvalue weighted by molar-refractivity contribution is -0.121. The first kappa shape index (κ1) is 19.5. The molecule has 0 aliphatic heterocycles. The molecular weight excluding hydrogens is 346 g/mol. The number of fused-ring (bicyclic) bond motifs is 5. The Morgan fingerprint density at radius 1 is 1.21 bits per heavy atom. The van der Waals surface area contributed by atoms with E-state index >= 15 is 0 Å². The van der Waals surface area contributed by atoms with Gasteiger partial charge in [0.15, 0.2) is 0 Å². The molecule has 3 aliphatic rings. The molecule has 1 saturated carbocycles. The molecule has 1 aromatic carbocycles. The van der Waals surface area contributed by atoms with Crippen molar-refractivity contribution >= 4 is 5.91 Å². The van der Waals surface area contributed by atoms with Gasteiger partial charge in [-0.2, -0.15) is 0 Å². The number of hydrogen-bond donors (Lipinski definition) is 1. The zero-order chi connectivity index (χ0) is 20.1. The summed E-state index contributed by atoms with van der Waals surface area (Å²) in [5, 5.41) is 3.23. The van der Waals surface area contributed by atoms with Crippen LogP contribution in [0.1, 0.15) is 76.8 Å². The van der Waals surface area contributed by atoms with Crippen LogP contribution in [0.15, 0.2) is 29.8 Å². The van der Waals surface area contributed by atoms with Crippen LogP contribution in [0.3, 0.4) is 0 Å². The summed E-state index contributed by atoms with van der Waals surface area (Å²) < 4.78 is 5.45. The smallest absolute Gasteiger partial charge is 0.247 e. The van der Waals surface area contributed by atoms with Crippen molar-refractivity contribution in [1.29, 1.82) is 0 Å². The van der Waals surface area contributed by atoms with E-state index in [1.807, 2.05) is 0 Å². The zero-order valence-corrected chi connectivity index (χ0v) is 18.1. The molecule has 1 amide bonds. The average Bonchev–Trinajstić information content (AvgIpc) is 2.64. The van der Waals surface area contributed by atoms with Crippen LogP contribution in [0.4, 0.5) is 0 Å².